The molecular formula is C33H57N7O7S. The molecule has 4 aliphatic rings. The molecule has 0 spiro atoms. The lowest BCUT2D eigenvalue weighted by Gasteiger charge is -2.39. The first-order valence-corrected chi connectivity index (χ1v) is 18.6. The number of rotatable bonds is 11. The lowest BCUT2D eigenvalue weighted by molar-refractivity contribution is -0.145. The number of Topliss-reactive ketones (excluding diaryl/α,β-unsaturated/α-hetero) is 1. The largest absolute Gasteiger partial charge is 0.363 e. The van der Waals surface area contributed by atoms with Crippen molar-refractivity contribution < 1.29 is 32.4 Å². The van der Waals surface area contributed by atoms with Gasteiger partial charge in [-0.05, 0) is 60.7 Å². The SMILES string of the molecule is CC(C)N1CCN(C[C@@H](NC(=O)N[C@H](C(=O)N2C[C@H]3[C@@H]([C@H]2C(=O)NC(C(=O)C(N)=O)C2CCC2)C3(C)C)C(C)(C)C)C(C)(C)C)S1(=O)=O. The smallest absolute Gasteiger partial charge is 0.315 e. The van der Waals surface area contributed by atoms with Crippen LogP contribution in [0.25, 0.3) is 0 Å². The number of primary amides is 1. The van der Waals surface area contributed by atoms with Crippen LogP contribution in [0.5, 0.6) is 0 Å². The summed E-state index contributed by atoms with van der Waals surface area (Å²) in [5, 5.41) is 8.60. The van der Waals surface area contributed by atoms with Crippen molar-refractivity contribution in [2.75, 3.05) is 26.2 Å². The molecule has 0 aromatic carbocycles. The molecule has 1 unspecified atom stereocenters. The maximum absolute atomic E-state index is 14.4. The third-order valence-electron chi connectivity index (χ3n) is 11.1. The van der Waals surface area contributed by atoms with Gasteiger partial charge in [-0.15, -0.1) is 0 Å². The van der Waals surface area contributed by atoms with Crippen molar-refractivity contribution in [3.05, 3.63) is 0 Å². The van der Waals surface area contributed by atoms with Crippen molar-refractivity contribution in [1.82, 2.24) is 29.5 Å². The van der Waals surface area contributed by atoms with Crippen molar-refractivity contribution in [3.8, 4) is 0 Å². The number of hydrogen-bond donors (Lipinski definition) is 4. The fourth-order valence-corrected chi connectivity index (χ4v) is 9.35. The molecular weight excluding hydrogens is 638 g/mol. The average molecular weight is 696 g/mol. The van der Waals surface area contributed by atoms with E-state index in [1.165, 1.54) is 13.5 Å². The van der Waals surface area contributed by atoms with Gasteiger partial charge in [0.2, 0.25) is 17.6 Å². The van der Waals surface area contributed by atoms with Gasteiger partial charge in [-0.25, -0.2) is 4.79 Å². The summed E-state index contributed by atoms with van der Waals surface area (Å²) in [4.78, 5) is 68.0. The molecule has 2 aliphatic carbocycles. The normalized spacial score (nSPS) is 27.4. The molecule has 6 atom stereocenters. The molecule has 2 heterocycles. The highest BCUT2D eigenvalue weighted by molar-refractivity contribution is 7.87. The van der Waals surface area contributed by atoms with Gasteiger partial charge in [0.25, 0.3) is 16.1 Å². The topological polar surface area (TPSA) is 191 Å². The predicted molar refractivity (Wildman–Crippen MR) is 180 cm³/mol. The van der Waals surface area contributed by atoms with Crippen LogP contribution < -0.4 is 21.7 Å². The quantitative estimate of drug-likeness (QED) is 0.234. The number of urea groups is 1. The van der Waals surface area contributed by atoms with Crippen LogP contribution in [0.2, 0.25) is 0 Å². The molecule has 0 bridgehead atoms. The monoisotopic (exact) mass is 695 g/mol. The number of amides is 5. The third-order valence-corrected chi connectivity index (χ3v) is 13.3. The van der Waals surface area contributed by atoms with Crippen molar-refractivity contribution in [2.45, 2.75) is 119 Å². The summed E-state index contributed by atoms with van der Waals surface area (Å²) < 4.78 is 29.2. The highest BCUT2D eigenvalue weighted by Gasteiger charge is 2.70. The van der Waals surface area contributed by atoms with Crippen LogP contribution in [0, 0.1) is 34.0 Å². The Morgan fingerprint density at radius 3 is 1.98 bits per heavy atom. The minimum absolute atomic E-state index is 0.0544. The van der Waals surface area contributed by atoms with E-state index >= 15 is 0 Å². The van der Waals surface area contributed by atoms with Gasteiger partial charge in [-0.1, -0.05) is 61.8 Å². The van der Waals surface area contributed by atoms with Crippen molar-refractivity contribution in [1.29, 1.82) is 0 Å². The zero-order chi connectivity index (χ0) is 36.3. The summed E-state index contributed by atoms with van der Waals surface area (Å²) in [6.07, 6.45) is 2.26. The Morgan fingerprint density at radius 1 is 0.917 bits per heavy atom. The molecule has 2 aliphatic heterocycles. The van der Waals surface area contributed by atoms with E-state index < -0.39 is 74.7 Å². The average Bonchev–Trinajstić information content (AvgIpc) is 3.19. The van der Waals surface area contributed by atoms with Crippen LogP contribution in [0.4, 0.5) is 4.79 Å². The van der Waals surface area contributed by atoms with Crippen molar-refractivity contribution >= 4 is 39.7 Å². The number of piperidine rings is 1. The molecule has 2 saturated heterocycles. The van der Waals surface area contributed by atoms with Crippen molar-refractivity contribution in [2.24, 2.45) is 39.7 Å². The molecule has 5 amide bonds. The lowest BCUT2D eigenvalue weighted by atomic mass is 9.78. The van der Waals surface area contributed by atoms with Gasteiger partial charge in [0.05, 0.1) is 0 Å². The fourth-order valence-electron chi connectivity index (χ4n) is 7.56. The Hall–Kier alpha value is -2.78. The van der Waals surface area contributed by atoms with E-state index in [4.69, 9.17) is 5.73 Å². The number of carbonyl (C=O) groups is 5. The molecule has 2 saturated carbocycles. The van der Waals surface area contributed by atoms with Crippen LogP contribution in [0.1, 0.15) is 88.5 Å². The molecule has 14 nitrogen and oxygen atoms in total. The standard InChI is InChI=1S/C33H57N7O7S/c1-18(2)40-15-14-38(48(40,46)47)17-21(31(3,4)5)35-30(45)37-26(32(6,7)8)29(44)39-16-20-22(33(20,9)10)24(39)28(43)36-23(19-12-11-13-19)25(41)27(34)42/h18-24,26H,11-17H2,1-10H3,(H2,34,42)(H,36,43)(H2,35,37,45)/t20-,21+,22-,23?,24-,26+/m0/s1. The maximum Gasteiger partial charge on any atom is 0.315 e. The summed E-state index contributed by atoms with van der Waals surface area (Å²) in [7, 11) is -3.69. The van der Waals surface area contributed by atoms with Gasteiger partial charge in [0.1, 0.15) is 18.1 Å². The minimum atomic E-state index is -3.69. The van der Waals surface area contributed by atoms with Crippen LogP contribution in [0.15, 0.2) is 0 Å². The number of carbonyl (C=O) groups excluding carboxylic acids is 5. The van der Waals surface area contributed by atoms with E-state index in [1.807, 2.05) is 69.2 Å². The fraction of sp³-hybridized carbons (Fsp3) is 0.848. The first kappa shape index (κ1) is 38.0. The van der Waals surface area contributed by atoms with E-state index in [-0.39, 0.29) is 35.8 Å². The second-order valence-corrected chi connectivity index (χ2v) is 19.1. The van der Waals surface area contributed by atoms with Gasteiger partial charge >= 0.3 is 6.03 Å². The van der Waals surface area contributed by atoms with E-state index in [1.54, 1.807) is 0 Å². The number of fused-ring (bicyclic) bond motifs is 1. The summed E-state index contributed by atoms with van der Waals surface area (Å²) in [6.45, 7) is 20.0. The number of likely N-dealkylation sites (tertiary alicyclic amines) is 1. The molecule has 48 heavy (non-hydrogen) atoms. The van der Waals surface area contributed by atoms with Gasteiger partial charge < -0.3 is 26.6 Å². The molecule has 0 radical (unpaired) electrons. The van der Waals surface area contributed by atoms with E-state index in [0.717, 1.165) is 6.42 Å². The third kappa shape index (κ3) is 7.37. The lowest BCUT2D eigenvalue weighted by Crippen LogP contribution is -2.63. The number of nitrogens with one attached hydrogen (secondary N) is 3. The minimum Gasteiger partial charge on any atom is -0.363 e. The Balaban J connectivity index is 1.53. The second kappa shape index (κ2) is 13.2. The second-order valence-electron chi connectivity index (χ2n) is 17.2. The number of nitrogens with two attached hydrogens (primary N) is 1. The summed E-state index contributed by atoms with van der Waals surface area (Å²) >= 11 is 0. The Morgan fingerprint density at radius 2 is 1.52 bits per heavy atom. The van der Waals surface area contributed by atoms with E-state index in [0.29, 0.717) is 32.5 Å². The van der Waals surface area contributed by atoms with Gasteiger partial charge in [-0.3, -0.25) is 19.2 Å². The molecule has 0 aromatic heterocycles. The zero-order valence-corrected chi connectivity index (χ0v) is 31.1. The highest BCUT2D eigenvalue weighted by Crippen LogP contribution is 2.65. The van der Waals surface area contributed by atoms with Crippen LogP contribution in [-0.2, 0) is 29.4 Å². The molecule has 5 N–H and O–H groups in total. The maximum atomic E-state index is 14.4. The highest BCUT2D eigenvalue weighted by atomic mass is 32.2. The Bertz CT molecular complexity index is 1410. The van der Waals surface area contributed by atoms with Crippen molar-refractivity contribution in [3.63, 3.8) is 0 Å². The summed E-state index contributed by atoms with van der Waals surface area (Å²) in [5.41, 5.74) is 3.83. The molecule has 0 aromatic rings. The zero-order valence-electron chi connectivity index (χ0n) is 30.3. The van der Waals surface area contributed by atoms with E-state index in [2.05, 4.69) is 16.0 Å². The molecule has 272 valence electrons. The number of ketones is 1. The van der Waals surface area contributed by atoms with Gasteiger partial charge in [-0.2, -0.15) is 17.0 Å². The molecule has 15 heteroatoms. The first-order valence-electron chi connectivity index (χ1n) is 17.2. The molecule has 4 fully saturated rings. The first-order chi connectivity index (χ1) is 21.9. The summed E-state index contributed by atoms with van der Waals surface area (Å²) in [5.74, 6) is -3.15. The van der Waals surface area contributed by atoms with Gasteiger partial charge in [0.15, 0.2) is 0 Å². The molecule has 4 rings (SSSR count). The van der Waals surface area contributed by atoms with Crippen LogP contribution in [0.3, 0.4) is 0 Å². The van der Waals surface area contributed by atoms with Crippen LogP contribution in [-0.4, -0.2) is 108 Å². The predicted octanol–water partition coefficient (Wildman–Crippen LogP) is 1.21. The Labute approximate surface area is 285 Å². The number of nitrogens with zero attached hydrogens (tertiary/aromatic N) is 3. The Kier molecular flexibility index (Phi) is 10.4. The van der Waals surface area contributed by atoms with Gasteiger partial charge in [0, 0.05) is 38.3 Å². The van der Waals surface area contributed by atoms with E-state index in [9.17, 15) is 32.4 Å². The van der Waals surface area contributed by atoms with Crippen LogP contribution >= 0.6 is 0 Å². The summed E-state index contributed by atoms with van der Waals surface area (Å²) in [6, 6.07) is -4.35. The number of hydrogen-bond acceptors (Lipinski definition) is 7.